The molecule has 0 bridgehead atoms. The predicted octanol–water partition coefficient (Wildman–Crippen LogP) is 6.40. The number of hydrogen-bond donors (Lipinski definition) is 1. The maximum absolute atomic E-state index is 13.0. The quantitative estimate of drug-likeness (QED) is 0.294. The van der Waals surface area contributed by atoms with Crippen molar-refractivity contribution in [1.29, 1.82) is 0 Å². The monoisotopic (exact) mass is 496 g/mol. The normalized spacial score (nSPS) is 11.1. The Bertz CT molecular complexity index is 1680. The van der Waals surface area contributed by atoms with Gasteiger partial charge < -0.3 is 5.32 Å². The molecule has 2 heterocycles. The summed E-state index contributed by atoms with van der Waals surface area (Å²) in [7, 11) is 0. The van der Waals surface area contributed by atoms with Crippen LogP contribution in [-0.2, 0) is 6.18 Å². The largest absolute Gasteiger partial charge is 0.416 e. The van der Waals surface area contributed by atoms with Crippen molar-refractivity contribution in [1.82, 2.24) is 14.5 Å². The summed E-state index contributed by atoms with van der Waals surface area (Å²) in [4.78, 5) is 21.0. The molecule has 0 unspecified atom stereocenters. The van der Waals surface area contributed by atoms with Crippen molar-refractivity contribution in [3.63, 3.8) is 0 Å². The molecule has 0 spiro atoms. The number of aryl methyl sites for hydroxylation is 1. The topological polar surface area (TPSA) is 59.8 Å². The van der Waals surface area contributed by atoms with Gasteiger partial charge in [0, 0.05) is 28.6 Å². The van der Waals surface area contributed by atoms with Crippen LogP contribution in [0.15, 0.2) is 91.4 Å². The van der Waals surface area contributed by atoms with Crippen LogP contribution in [0.1, 0.15) is 32.6 Å². The van der Waals surface area contributed by atoms with Crippen LogP contribution >= 0.6 is 0 Å². The van der Waals surface area contributed by atoms with E-state index < -0.39 is 17.6 Å². The van der Waals surface area contributed by atoms with Gasteiger partial charge >= 0.3 is 6.18 Å². The SMILES string of the molecule is Cc1ccc(C(=O)Nc2cc(C(F)(F)F)ccn2)cc1C#Cc1ccc2c(c1)ncn2-c1ccccc1. The Morgan fingerprint density at radius 3 is 2.51 bits per heavy atom. The molecule has 3 aromatic carbocycles. The molecule has 8 heteroatoms. The number of amides is 1. The van der Waals surface area contributed by atoms with Crippen molar-refractivity contribution < 1.29 is 18.0 Å². The number of para-hydroxylation sites is 1. The van der Waals surface area contributed by atoms with Crippen LogP contribution < -0.4 is 5.32 Å². The molecule has 0 fully saturated rings. The predicted molar refractivity (Wildman–Crippen MR) is 135 cm³/mol. The molecule has 5 rings (SSSR count). The van der Waals surface area contributed by atoms with Gasteiger partial charge in [0.2, 0.25) is 0 Å². The average Bonchev–Trinajstić information content (AvgIpc) is 3.32. The number of benzene rings is 3. The Hall–Kier alpha value is -4.90. The Kier molecular flexibility index (Phi) is 6.20. The van der Waals surface area contributed by atoms with Gasteiger partial charge in [-0.05, 0) is 67.1 Å². The van der Waals surface area contributed by atoms with E-state index in [0.717, 1.165) is 46.2 Å². The first-order valence-corrected chi connectivity index (χ1v) is 11.3. The second-order valence-corrected chi connectivity index (χ2v) is 8.31. The van der Waals surface area contributed by atoms with Crippen molar-refractivity contribution in [3.8, 4) is 17.5 Å². The highest BCUT2D eigenvalue weighted by Gasteiger charge is 2.30. The summed E-state index contributed by atoms with van der Waals surface area (Å²) in [6, 6.07) is 22.2. The van der Waals surface area contributed by atoms with E-state index in [0.29, 0.717) is 5.56 Å². The van der Waals surface area contributed by atoms with E-state index in [9.17, 15) is 18.0 Å². The zero-order valence-electron chi connectivity index (χ0n) is 19.5. The summed E-state index contributed by atoms with van der Waals surface area (Å²) in [5.41, 5.74) is 4.37. The number of rotatable bonds is 3. The Morgan fingerprint density at radius 2 is 1.73 bits per heavy atom. The highest BCUT2D eigenvalue weighted by Crippen LogP contribution is 2.30. The van der Waals surface area contributed by atoms with Crippen LogP contribution in [0.4, 0.5) is 19.0 Å². The lowest BCUT2D eigenvalue weighted by atomic mass is 10.0. The summed E-state index contributed by atoms with van der Waals surface area (Å²) in [6.07, 6.45) is -1.76. The first kappa shape index (κ1) is 23.8. The molecule has 0 radical (unpaired) electrons. The van der Waals surface area contributed by atoms with Gasteiger partial charge in [0.15, 0.2) is 0 Å². The Labute approximate surface area is 210 Å². The van der Waals surface area contributed by atoms with E-state index in [-0.39, 0.29) is 11.4 Å². The maximum atomic E-state index is 13.0. The van der Waals surface area contributed by atoms with E-state index in [1.165, 1.54) is 0 Å². The number of nitrogens with zero attached hydrogens (tertiary/aromatic N) is 3. The minimum Gasteiger partial charge on any atom is -0.307 e. The molecule has 0 aliphatic carbocycles. The number of aromatic nitrogens is 3. The zero-order chi connectivity index (χ0) is 26.0. The standard InChI is InChI=1S/C29H19F3N4O/c1-19-7-10-22(28(37)35-27-17-23(13-14-33-27)29(30,31)32)16-21(19)11-8-20-9-12-26-25(15-20)34-18-36(26)24-5-3-2-4-6-24/h2-7,9-10,12-18H,1H3,(H,33,35,37). The van der Waals surface area contributed by atoms with Gasteiger partial charge in [-0.2, -0.15) is 13.2 Å². The average molecular weight is 496 g/mol. The number of nitrogens with one attached hydrogen (secondary N) is 1. The number of carbonyl (C=O) groups is 1. The van der Waals surface area contributed by atoms with Crippen LogP contribution in [0, 0.1) is 18.8 Å². The third kappa shape index (κ3) is 5.21. The van der Waals surface area contributed by atoms with Gasteiger partial charge in [0.05, 0.1) is 16.6 Å². The van der Waals surface area contributed by atoms with E-state index in [2.05, 4.69) is 27.1 Å². The van der Waals surface area contributed by atoms with Crippen molar-refractivity contribution in [3.05, 3.63) is 119 Å². The maximum Gasteiger partial charge on any atom is 0.416 e. The van der Waals surface area contributed by atoms with Crippen LogP contribution in [0.3, 0.4) is 0 Å². The number of hydrogen-bond acceptors (Lipinski definition) is 3. The van der Waals surface area contributed by atoms with Gasteiger partial charge in [0.1, 0.15) is 12.1 Å². The first-order valence-electron chi connectivity index (χ1n) is 11.3. The fourth-order valence-electron chi connectivity index (χ4n) is 3.79. The van der Waals surface area contributed by atoms with Crippen LogP contribution in [0.5, 0.6) is 0 Å². The minimum absolute atomic E-state index is 0.184. The number of imidazole rings is 1. The lowest BCUT2D eigenvalue weighted by Gasteiger charge is -2.09. The molecular formula is C29H19F3N4O. The molecule has 1 amide bonds. The molecule has 2 aromatic heterocycles. The smallest absolute Gasteiger partial charge is 0.307 e. The van der Waals surface area contributed by atoms with Gasteiger partial charge in [-0.15, -0.1) is 0 Å². The van der Waals surface area contributed by atoms with Gasteiger partial charge in [-0.3, -0.25) is 9.36 Å². The van der Waals surface area contributed by atoms with E-state index in [4.69, 9.17) is 0 Å². The van der Waals surface area contributed by atoms with Crippen LogP contribution in [-0.4, -0.2) is 20.4 Å². The summed E-state index contributed by atoms with van der Waals surface area (Å²) >= 11 is 0. The molecule has 5 nitrogen and oxygen atoms in total. The fourth-order valence-corrected chi connectivity index (χ4v) is 3.79. The zero-order valence-corrected chi connectivity index (χ0v) is 19.5. The molecule has 0 aliphatic rings. The molecule has 1 N–H and O–H groups in total. The van der Waals surface area contributed by atoms with E-state index in [1.807, 2.05) is 60.0 Å². The highest BCUT2D eigenvalue weighted by molar-refractivity contribution is 6.04. The van der Waals surface area contributed by atoms with Crippen molar-refractivity contribution in [2.75, 3.05) is 5.32 Å². The van der Waals surface area contributed by atoms with Gasteiger partial charge in [-0.25, -0.2) is 9.97 Å². The lowest BCUT2D eigenvalue weighted by molar-refractivity contribution is -0.137. The Morgan fingerprint density at radius 1 is 0.919 bits per heavy atom. The van der Waals surface area contributed by atoms with E-state index in [1.54, 1.807) is 24.5 Å². The molecule has 5 aromatic rings. The molecule has 182 valence electrons. The Balaban J connectivity index is 1.38. The van der Waals surface area contributed by atoms with Crippen molar-refractivity contribution in [2.45, 2.75) is 13.1 Å². The van der Waals surface area contributed by atoms with Crippen molar-refractivity contribution in [2.24, 2.45) is 0 Å². The third-order valence-corrected chi connectivity index (χ3v) is 5.75. The van der Waals surface area contributed by atoms with Crippen LogP contribution in [0.25, 0.3) is 16.7 Å². The van der Waals surface area contributed by atoms with Gasteiger partial charge in [-0.1, -0.05) is 36.1 Å². The highest BCUT2D eigenvalue weighted by atomic mass is 19.4. The molecular weight excluding hydrogens is 477 g/mol. The van der Waals surface area contributed by atoms with Crippen LogP contribution in [0.2, 0.25) is 0 Å². The summed E-state index contributed by atoms with van der Waals surface area (Å²) in [5, 5.41) is 2.42. The number of fused-ring (bicyclic) bond motifs is 1. The summed E-state index contributed by atoms with van der Waals surface area (Å²) in [6.45, 7) is 1.87. The summed E-state index contributed by atoms with van der Waals surface area (Å²) in [5.74, 6) is 5.44. The fraction of sp³-hybridized carbons (Fsp3) is 0.0690. The van der Waals surface area contributed by atoms with E-state index >= 15 is 0 Å². The lowest BCUT2D eigenvalue weighted by Crippen LogP contribution is -2.14. The molecule has 0 saturated heterocycles. The van der Waals surface area contributed by atoms with Gasteiger partial charge in [0.25, 0.3) is 5.91 Å². The summed E-state index contributed by atoms with van der Waals surface area (Å²) < 4.78 is 40.9. The number of halogens is 3. The second-order valence-electron chi connectivity index (χ2n) is 8.31. The number of carbonyl (C=O) groups excluding carboxylic acids is 1. The number of anilines is 1. The first-order chi connectivity index (χ1) is 17.8. The number of pyridine rings is 1. The second kappa shape index (κ2) is 9.63. The molecule has 0 aliphatic heterocycles. The number of alkyl halides is 3. The molecule has 37 heavy (non-hydrogen) atoms. The molecule has 0 atom stereocenters. The molecule has 0 saturated carbocycles. The third-order valence-electron chi connectivity index (χ3n) is 5.75. The minimum atomic E-state index is -4.53. The van der Waals surface area contributed by atoms with Crippen molar-refractivity contribution >= 4 is 22.8 Å².